The van der Waals surface area contributed by atoms with E-state index >= 15 is 0 Å². The smallest absolute Gasteiger partial charge is 0.241 e. The first kappa shape index (κ1) is 18.4. The van der Waals surface area contributed by atoms with Crippen LogP contribution >= 0.6 is 11.8 Å². The standard InChI is InChI=1S/C17H32N4OS/c1-3-10-19-15(22)13-20-16(18-4-2)21-11-12-23-17(14-21)8-6-5-7-9-17/h3-14H2,1-2H3,(H,18,20)(H,19,22). The second-order valence-corrected chi connectivity index (χ2v) is 8.10. The minimum atomic E-state index is 0.0148. The fourth-order valence-corrected chi connectivity index (χ4v) is 4.99. The number of nitrogens with zero attached hydrogens (tertiary/aromatic N) is 2. The quantitative estimate of drug-likeness (QED) is 0.595. The van der Waals surface area contributed by atoms with Gasteiger partial charge in [0, 0.05) is 36.7 Å². The molecule has 1 saturated heterocycles. The molecule has 23 heavy (non-hydrogen) atoms. The van der Waals surface area contributed by atoms with Crippen LogP contribution in [0.4, 0.5) is 0 Å². The van der Waals surface area contributed by atoms with E-state index in [1.54, 1.807) is 0 Å². The van der Waals surface area contributed by atoms with Crippen LogP contribution in [0.5, 0.6) is 0 Å². The van der Waals surface area contributed by atoms with Gasteiger partial charge in [-0.25, -0.2) is 4.99 Å². The van der Waals surface area contributed by atoms with Gasteiger partial charge in [0.1, 0.15) is 6.54 Å². The summed E-state index contributed by atoms with van der Waals surface area (Å²) in [5, 5.41) is 6.27. The first-order chi connectivity index (χ1) is 11.2. The lowest BCUT2D eigenvalue weighted by Gasteiger charge is -2.45. The average Bonchev–Trinajstić information content (AvgIpc) is 2.57. The van der Waals surface area contributed by atoms with Crippen LogP contribution in [-0.4, -0.2) is 60.0 Å². The molecule has 0 bridgehead atoms. The zero-order valence-electron chi connectivity index (χ0n) is 14.7. The molecule has 0 unspecified atom stereocenters. The summed E-state index contributed by atoms with van der Waals surface area (Å²) in [4.78, 5) is 18.8. The molecule has 2 fully saturated rings. The molecule has 1 saturated carbocycles. The van der Waals surface area contributed by atoms with Crippen LogP contribution in [0, 0.1) is 0 Å². The molecule has 2 N–H and O–H groups in total. The van der Waals surface area contributed by atoms with Crippen LogP contribution in [0.3, 0.4) is 0 Å². The van der Waals surface area contributed by atoms with E-state index in [0.29, 0.717) is 4.75 Å². The fraction of sp³-hybridized carbons (Fsp3) is 0.882. The Morgan fingerprint density at radius 3 is 2.70 bits per heavy atom. The predicted molar refractivity (Wildman–Crippen MR) is 99.1 cm³/mol. The third kappa shape index (κ3) is 5.59. The molecule has 0 aromatic carbocycles. The van der Waals surface area contributed by atoms with Crippen LogP contribution in [0.15, 0.2) is 4.99 Å². The molecule has 1 aliphatic heterocycles. The van der Waals surface area contributed by atoms with Crippen molar-refractivity contribution in [1.82, 2.24) is 15.5 Å². The number of aliphatic imine (C=N–C) groups is 1. The maximum atomic E-state index is 11.8. The Hall–Kier alpha value is -0.910. The summed E-state index contributed by atoms with van der Waals surface area (Å²) in [5.41, 5.74) is 0. The maximum Gasteiger partial charge on any atom is 0.241 e. The summed E-state index contributed by atoms with van der Waals surface area (Å²) in [6.45, 7) is 8.03. The SMILES string of the molecule is CCCNC(=O)CN=C(NCC)N1CCSC2(CCCCC2)C1. The van der Waals surface area contributed by atoms with Crippen molar-refractivity contribution in [2.45, 2.75) is 57.1 Å². The van der Waals surface area contributed by atoms with Gasteiger partial charge in [0.05, 0.1) is 0 Å². The summed E-state index contributed by atoms with van der Waals surface area (Å²) in [6, 6.07) is 0. The van der Waals surface area contributed by atoms with Crippen LogP contribution in [-0.2, 0) is 4.79 Å². The molecule has 1 amide bonds. The van der Waals surface area contributed by atoms with E-state index in [9.17, 15) is 4.79 Å². The molecular formula is C17H32N4OS. The van der Waals surface area contributed by atoms with E-state index in [1.807, 2.05) is 0 Å². The Labute approximate surface area is 145 Å². The van der Waals surface area contributed by atoms with Crippen molar-refractivity contribution in [1.29, 1.82) is 0 Å². The van der Waals surface area contributed by atoms with Crippen LogP contribution < -0.4 is 10.6 Å². The topological polar surface area (TPSA) is 56.7 Å². The molecule has 0 aromatic heterocycles. The number of carbonyl (C=O) groups is 1. The summed E-state index contributed by atoms with van der Waals surface area (Å²) in [5.74, 6) is 2.08. The molecule has 1 spiro atoms. The summed E-state index contributed by atoms with van der Waals surface area (Å²) in [7, 11) is 0. The van der Waals surface area contributed by atoms with E-state index in [0.717, 1.165) is 44.3 Å². The number of nitrogens with one attached hydrogen (secondary N) is 2. The Balaban J connectivity index is 1.96. The first-order valence-electron chi connectivity index (χ1n) is 9.13. The van der Waals surface area contributed by atoms with E-state index in [2.05, 4.69) is 46.1 Å². The lowest BCUT2D eigenvalue weighted by molar-refractivity contribution is -0.119. The normalized spacial score (nSPS) is 21.3. The van der Waals surface area contributed by atoms with Crippen molar-refractivity contribution in [3.05, 3.63) is 0 Å². The number of hydrogen-bond acceptors (Lipinski definition) is 3. The Bertz CT molecular complexity index is 402. The van der Waals surface area contributed by atoms with Gasteiger partial charge in [-0.1, -0.05) is 26.2 Å². The lowest BCUT2D eigenvalue weighted by Crippen LogP contribution is -2.53. The van der Waals surface area contributed by atoms with Gasteiger partial charge < -0.3 is 15.5 Å². The van der Waals surface area contributed by atoms with E-state index in [4.69, 9.17) is 0 Å². The third-order valence-electron chi connectivity index (χ3n) is 4.59. The molecule has 2 aliphatic rings. The van der Waals surface area contributed by atoms with Crippen molar-refractivity contribution >= 4 is 23.6 Å². The van der Waals surface area contributed by atoms with Gasteiger partial charge >= 0.3 is 0 Å². The van der Waals surface area contributed by atoms with Crippen LogP contribution in [0.1, 0.15) is 52.4 Å². The van der Waals surface area contributed by atoms with Gasteiger partial charge in [-0.2, -0.15) is 11.8 Å². The van der Waals surface area contributed by atoms with Gasteiger partial charge in [0.2, 0.25) is 5.91 Å². The molecule has 1 heterocycles. The number of guanidine groups is 1. The van der Waals surface area contributed by atoms with Crippen molar-refractivity contribution < 1.29 is 4.79 Å². The lowest BCUT2D eigenvalue weighted by atomic mass is 9.87. The van der Waals surface area contributed by atoms with Crippen molar-refractivity contribution in [3.8, 4) is 0 Å². The van der Waals surface area contributed by atoms with E-state index in [-0.39, 0.29) is 12.5 Å². The second kappa shape index (κ2) is 9.40. The Morgan fingerprint density at radius 2 is 2.00 bits per heavy atom. The fourth-order valence-electron chi connectivity index (χ4n) is 3.42. The van der Waals surface area contributed by atoms with Crippen molar-refractivity contribution in [3.63, 3.8) is 0 Å². The molecule has 5 nitrogen and oxygen atoms in total. The zero-order chi connectivity index (χ0) is 16.5. The summed E-state index contributed by atoms with van der Waals surface area (Å²) >= 11 is 2.16. The van der Waals surface area contributed by atoms with Gasteiger partial charge in [0.25, 0.3) is 0 Å². The number of amides is 1. The highest BCUT2D eigenvalue weighted by atomic mass is 32.2. The number of carbonyl (C=O) groups excluding carboxylic acids is 1. The molecule has 0 aromatic rings. The highest BCUT2D eigenvalue weighted by molar-refractivity contribution is 8.00. The van der Waals surface area contributed by atoms with E-state index < -0.39 is 0 Å². The van der Waals surface area contributed by atoms with Gasteiger partial charge in [-0.3, -0.25) is 4.79 Å². The van der Waals surface area contributed by atoms with Crippen LogP contribution in [0.2, 0.25) is 0 Å². The molecule has 0 atom stereocenters. The molecule has 132 valence electrons. The molecule has 0 radical (unpaired) electrons. The first-order valence-corrected chi connectivity index (χ1v) is 10.1. The van der Waals surface area contributed by atoms with Crippen molar-refractivity contribution in [2.75, 3.05) is 38.5 Å². The predicted octanol–water partition coefficient (Wildman–Crippen LogP) is 2.23. The number of rotatable bonds is 5. The number of hydrogen-bond donors (Lipinski definition) is 2. The summed E-state index contributed by atoms with van der Waals surface area (Å²) < 4.78 is 0.414. The zero-order valence-corrected chi connectivity index (χ0v) is 15.5. The van der Waals surface area contributed by atoms with Gasteiger partial charge in [-0.05, 0) is 26.2 Å². The van der Waals surface area contributed by atoms with Crippen molar-refractivity contribution in [2.24, 2.45) is 4.99 Å². The van der Waals surface area contributed by atoms with E-state index in [1.165, 1.54) is 32.1 Å². The number of thioether (sulfide) groups is 1. The Kier molecular flexibility index (Phi) is 7.53. The minimum Gasteiger partial charge on any atom is -0.357 e. The summed E-state index contributed by atoms with van der Waals surface area (Å²) in [6.07, 6.45) is 7.70. The Morgan fingerprint density at radius 1 is 1.22 bits per heavy atom. The second-order valence-electron chi connectivity index (χ2n) is 6.53. The maximum absolute atomic E-state index is 11.8. The average molecular weight is 341 g/mol. The minimum absolute atomic E-state index is 0.0148. The highest BCUT2D eigenvalue weighted by Crippen LogP contribution is 2.42. The molecule has 2 rings (SSSR count). The third-order valence-corrected chi connectivity index (χ3v) is 6.13. The van der Waals surface area contributed by atoms with Gasteiger partial charge in [-0.15, -0.1) is 0 Å². The molecule has 1 aliphatic carbocycles. The largest absolute Gasteiger partial charge is 0.357 e. The monoisotopic (exact) mass is 340 g/mol. The highest BCUT2D eigenvalue weighted by Gasteiger charge is 2.38. The molecular weight excluding hydrogens is 308 g/mol. The van der Waals surface area contributed by atoms with Crippen LogP contribution in [0.25, 0.3) is 0 Å². The molecule has 6 heteroatoms. The van der Waals surface area contributed by atoms with Gasteiger partial charge in [0.15, 0.2) is 5.96 Å².